The van der Waals surface area contributed by atoms with Crippen molar-refractivity contribution in [2.24, 2.45) is 0 Å². The number of aromatic nitrogens is 3. The molecule has 1 aliphatic carbocycles. The Bertz CT molecular complexity index is 415. The van der Waals surface area contributed by atoms with Gasteiger partial charge in [0, 0.05) is 18.8 Å². The zero-order chi connectivity index (χ0) is 11.7. The fourth-order valence-electron chi connectivity index (χ4n) is 1.79. The Hall–Kier alpha value is -1.63. The third-order valence-electron chi connectivity index (χ3n) is 2.87. The summed E-state index contributed by atoms with van der Waals surface area (Å²) in [6, 6.07) is 0.667. The van der Waals surface area contributed by atoms with Crippen molar-refractivity contribution < 1.29 is 9.53 Å². The van der Waals surface area contributed by atoms with Gasteiger partial charge in [0.1, 0.15) is 6.10 Å². The largest absolute Gasteiger partial charge is 0.442 e. The highest BCUT2D eigenvalue weighted by Crippen LogP contribution is 2.18. The van der Waals surface area contributed by atoms with E-state index in [2.05, 4.69) is 20.9 Å². The monoisotopic (exact) mass is 237 g/mol. The molecule has 1 amide bonds. The van der Waals surface area contributed by atoms with E-state index in [1.807, 2.05) is 6.20 Å². The molecular weight excluding hydrogens is 222 g/mol. The van der Waals surface area contributed by atoms with E-state index >= 15 is 0 Å². The summed E-state index contributed by atoms with van der Waals surface area (Å²) >= 11 is 0. The van der Waals surface area contributed by atoms with Crippen LogP contribution in [0.5, 0.6) is 0 Å². The third-order valence-corrected chi connectivity index (χ3v) is 2.87. The zero-order valence-corrected chi connectivity index (χ0v) is 9.43. The maximum atomic E-state index is 10.8. The van der Waals surface area contributed by atoms with Crippen LogP contribution in [0.4, 0.5) is 4.79 Å². The maximum absolute atomic E-state index is 10.8. The lowest BCUT2D eigenvalue weighted by molar-refractivity contribution is 0.128. The van der Waals surface area contributed by atoms with Gasteiger partial charge < -0.3 is 15.4 Å². The van der Waals surface area contributed by atoms with Crippen LogP contribution in [0.1, 0.15) is 18.5 Å². The molecule has 1 saturated carbocycles. The smallest absolute Gasteiger partial charge is 0.407 e. The van der Waals surface area contributed by atoms with Crippen LogP contribution in [0.25, 0.3) is 0 Å². The predicted octanol–water partition coefficient (Wildman–Crippen LogP) is -0.362. The van der Waals surface area contributed by atoms with Crippen LogP contribution in [-0.2, 0) is 17.8 Å². The first kappa shape index (κ1) is 10.5. The Labute approximate surface area is 98.5 Å². The van der Waals surface area contributed by atoms with E-state index in [-0.39, 0.29) is 12.2 Å². The first-order valence-electron chi connectivity index (χ1n) is 5.86. The SMILES string of the molecule is O=C1NCC(Cn2cc(CNC3CC3)nn2)O1. The Morgan fingerprint density at radius 1 is 1.59 bits per heavy atom. The van der Waals surface area contributed by atoms with Crippen LogP contribution in [-0.4, -0.2) is 39.8 Å². The molecule has 2 N–H and O–H groups in total. The van der Waals surface area contributed by atoms with Crippen molar-refractivity contribution in [2.75, 3.05) is 6.54 Å². The minimum atomic E-state index is -0.356. The molecule has 1 aromatic rings. The van der Waals surface area contributed by atoms with Crippen molar-refractivity contribution in [3.63, 3.8) is 0 Å². The molecule has 7 heteroatoms. The molecule has 3 rings (SSSR count). The molecule has 92 valence electrons. The second kappa shape index (κ2) is 4.33. The average molecular weight is 237 g/mol. The van der Waals surface area contributed by atoms with Gasteiger partial charge in [0.15, 0.2) is 0 Å². The van der Waals surface area contributed by atoms with Gasteiger partial charge in [-0.15, -0.1) is 5.10 Å². The first-order chi connectivity index (χ1) is 8.29. The second-order valence-electron chi connectivity index (χ2n) is 4.50. The summed E-state index contributed by atoms with van der Waals surface area (Å²) in [4.78, 5) is 10.8. The quantitative estimate of drug-likeness (QED) is 0.731. The highest BCUT2D eigenvalue weighted by atomic mass is 16.6. The number of nitrogens with zero attached hydrogens (tertiary/aromatic N) is 3. The van der Waals surface area contributed by atoms with Crippen LogP contribution < -0.4 is 10.6 Å². The lowest BCUT2D eigenvalue weighted by Gasteiger charge is -2.05. The van der Waals surface area contributed by atoms with Gasteiger partial charge in [-0.1, -0.05) is 5.21 Å². The average Bonchev–Trinajstić information content (AvgIpc) is 2.90. The standard InChI is InChI=1S/C10H15N5O2/c16-10-12-4-9(17-10)6-15-5-8(13-14-15)3-11-7-1-2-7/h5,7,9,11H,1-4,6H2,(H,12,16). The Morgan fingerprint density at radius 2 is 2.47 bits per heavy atom. The van der Waals surface area contributed by atoms with Crippen molar-refractivity contribution in [3.8, 4) is 0 Å². The minimum absolute atomic E-state index is 0.145. The molecule has 2 heterocycles. The Morgan fingerprint density at radius 3 is 3.18 bits per heavy atom. The third kappa shape index (κ3) is 2.73. The van der Waals surface area contributed by atoms with Crippen molar-refractivity contribution in [1.29, 1.82) is 0 Å². The first-order valence-corrected chi connectivity index (χ1v) is 5.86. The number of nitrogens with one attached hydrogen (secondary N) is 2. The van der Waals surface area contributed by atoms with E-state index in [1.165, 1.54) is 12.8 Å². The van der Waals surface area contributed by atoms with Gasteiger partial charge in [-0.3, -0.25) is 0 Å². The van der Waals surface area contributed by atoms with Crippen molar-refractivity contribution >= 4 is 6.09 Å². The summed E-state index contributed by atoms with van der Waals surface area (Å²) in [6.45, 7) is 1.84. The topological polar surface area (TPSA) is 81.1 Å². The van der Waals surface area contributed by atoms with Crippen molar-refractivity contribution in [3.05, 3.63) is 11.9 Å². The van der Waals surface area contributed by atoms with E-state index in [0.717, 1.165) is 12.2 Å². The molecule has 1 atom stereocenters. The summed E-state index contributed by atoms with van der Waals surface area (Å²) in [6.07, 6.45) is 3.91. The van der Waals surface area contributed by atoms with Crippen LogP contribution in [0, 0.1) is 0 Å². The summed E-state index contributed by atoms with van der Waals surface area (Å²) in [7, 11) is 0. The molecule has 2 fully saturated rings. The number of rotatable bonds is 5. The Balaban J connectivity index is 1.50. The van der Waals surface area contributed by atoms with Crippen LogP contribution in [0.15, 0.2) is 6.20 Å². The van der Waals surface area contributed by atoms with Gasteiger partial charge in [-0.05, 0) is 12.8 Å². The van der Waals surface area contributed by atoms with Gasteiger partial charge in [-0.25, -0.2) is 9.48 Å². The number of ether oxygens (including phenoxy) is 1. The molecule has 1 unspecified atom stereocenters. The lowest BCUT2D eigenvalue weighted by atomic mass is 10.3. The maximum Gasteiger partial charge on any atom is 0.407 e. The number of hydrogen-bond acceptors (Lipinski definition) is 5. The van der Waals surface area contributed by atoms with Gasteiger partial charge in [0.2, 0.25) is 0 Å². The number of carbonyl (C=O) groups is 1. The summed E-state index contributed by atoms with van der Waals surface area (Å²) < 4.78 is 6.75. The van der Waals surface area contributed by atoms with E-state index in [0.29, 0.717) is 19.1 Å². The molecular formula is C10H15N5O2. The van der Waals surface area contributed by atoms with Gasteiger partial charge in [-0.2, -0.15) is 0 Å². The highest BCUT2D eigenvalue weighted by molar-refractivity contribution is 5.69. The van der Waals surface area contributed by atoms with E-state index in [4.69, 9.17) is 4.74 Å². The number of alkyl carbamates (subject to hydrolysis) is 1. The van der Waals surface area contributed by atoms with Crippen LogP contribution in [0.3, 0.4) is 0 Å². The molecule has 0 bridgehead atoms. The van der Waals surface area contributed by atoms with Crippen molar-refractivity contribution in [1.82, 2.24) is 25.6 Å². The fourth-order valence-corrected chi connectivity index (χ4v) is 1.79. The normalized spacial score (nSPS) is 23.5. The van der Waals surface area contributed by atoms with Crippen LogP contribution >= 0.6 is 0 Å². The van der Waals surface area contributed by atoms with Gasteiger partial charge in [0.05, 0.1) is 18.8 Å². The van der Waals surface area contributed by atoms with Gasteiger partial charge in [0.25, 0.3) is 0 Å². The molecule has 1 aromatic heterocycles. The van der Waals surface area contributed by atoms with E-state index in [1.54, 1.807) is 4.68 Å². The number of hydrogen-bond donors (Lipinski definition) is 2. The number of cyclic esters (lactones) is 1. The molecule has 17 heavy (non-hydrogen) atoms. The number of carbonyl (C=O) groups excluding carboxylic acids is 1. The molecule has 1 saturated heterocycles. The van der Waals surface area contributed by atoms with Crippen molar-refractivity contribution in [2.45, 2.75) is 38.1 Å². The second-order valence-corrected chi connectivity index (χ2v) is 4.50. The van der Waals surface area contributed by atoms with Gasteiger partial charge >= 0.3 is 6.09 Å². The molecule has 0 radical (unpaired) electrons. The van der Waals surface area contributed by atoms with E-state index < -0.39 is 0 Å². The molecule has 0 aromatic carbocycles. The molecule has 7 nitrogen and oxygen atoms in total. The Kier molecular flexibility index (Phi) is 2.68. The minimum Gasteiger partial charge on any atom is -0.442 e. The van der Waals surface area contributed by atoms with E-state index in [9.17, 15) is 4.79 Å². The molecule has 2 aliphatic rings. The molecule has 0 spiro atoms. The summed E-state index contributed by atoms with van der Waals surface area (Å²) in [5, 5.41) is 14.1. The summed E-state index contributed by atoms with van der Waals surface area (Å²) in [5.41, 5.74) is 0.925. The fraction of sp³-hybridized carbons (Fsp3) is 0.700. The number of amides is 1. The zero-order valence-electron chi connectivity index (χ0n) is 9.43. The lowest BCUT2D eigenvalue weighted by Crippen LogP contribution is -2.21. The highest BCUT2D eigenvalue weighted by Gasteiger charge is 2.23. The summed E-state index contributed by atoms with van der Waals surface area (Å²) in [5.74, 6) is 0. The van der Waals surface area contributed by atoms with Crippen LogP contribution in [0.2, 0.25) is 0 Å². The molecule has 1 aliphatic heterocycles. The predicted molar refractivity (Wildman–Crippen MR) is 58.2 cm³/mol.